The normalized spacial score (nSPS) is 22.8. The molecule has 1 saturated heterocycles. The lowest BCUT2D eigenvalue weighted by Crippen LogP contribution is -2.39. The average molecular weight is 435 g/mol. The maximum absolute atomic E-state index is 12.9. The van der Waals surface area contributed by atoms with Gasteiger partial charge in [0.05, 0.1) is 22.8 Å². The van der Waals surface area contributed by atoms with Gasteiger partial charge < -0.3 is 14.8 Å². The minimum atomic E-state index is -0.129. The summed E-state index contributed by atoms with van der Waals surface area (Å²) in [5, 5.41) is 3.09. The van der Waals surface area contributed by atoms with Crippen LogP contribution in [0.2, 0.25) is 0 Å². The molecular formula is C24H26N4O2S. The Bertz CT molecular complexity index is 1110. The van der Waals surface area contributed by atoms with Crippen LogP contribution in [0.3, 0.4) is 0 Å². The van der Waals surface area contributed by atoms with Crippen molar-refractivity contribution >= 4 is 34.6 Å². The van der Waals surface area contributed by atoms with Crippen molar-refractivity contribution in [2.75, 3.05) is 12.8 Å². The third-order valence-corrected chi connectivity index (χ3v) is 6.76. The number of thioether (sulfide) groups is 1. The lowest BCUT2D eigenvalue weighted by molar-refractivity contribution is -0.128. The summed E-state index contributed by atoms with van der Waals surface area (Å²) >= 11 is 1.69. The van der Waals surface area contributed by atoms with E-state index in [2.05, 4.69) is 22.4 Å². The van der Waals surface area contributed by atoms with Gasteiger partial charge in [-0.15, -0.1) is 0 Å². The minimum Gasteiger partial charge on any atom is -0.350 e. The Morgan fingerprint density at radius 3 is 2.74 bits per heavy atom. The van der Waals surface area contributed by atoms with Crippen LogP contribution < -0.4 is 5.32 Å². The molecule has 1 aliphatic heterocycles. The van der Waals surface area contributed by atoms with Crippen LogP contribution in [-0.4, -0.2) is 51.1 Å². The van der Waals surface area contributed by atoms with Crippen LogP contribution in [0.15, 0.2) is 54.6 Å². The Labute approximate surface area is 186 Å². The highest BCUT2D eigenvalue weighted by atomic mass is 32.2. The topological polar surface area (TPSA) is 67.2 Å². The first-order valence-electron chi connectivity index (χ1n) is 10.7. The maximum Gasteiger partial charge on any atom is 0.240 e. The molecule has 0 radical (unpaired) electrons. The van der Waals surface area contributed by atoms with E-state index in [-0.39, 0.29) is 30.4 Å². The van der Waals surface area contributed by atoms with Gasteiger partial charge in [-0.2, -0.15) is 11.8 Å². The van der Waals surface area contributed by atoms with Crippen molar-refractivity contribution in [3.05, 3.63) is 66.0 Å². The number of hydrogen-bond acceptors (Lipinski definition) is 4. The molecule has 3 atom stereocenters. The second-order valence-electron chi connectivity index (χ2n) is 8.37. The Hall–Kier alpha value is -2.80. The zero-order chi connectivity index (χ0) is 21.4. The Morgan fingerprint density at radius 1 is 1.16 bits per heavy atom. The quantitative estimate of drug-likeness (QED) is 0.620. The first kappa shape index (κ1) is 20.1. The summed E-state index contributed by atoms with van der Waals surface area (Å²) in [6.45, 7) is 0.818. The third kappa shape index (κ3) is 4.06. The number of benzene rings is 2. The van der Waals surface area contributed by atoms with Crippen LogP contribution in [0.4, 0.5) is 0 Å². The molecule has 2 heterocycles. The molecule has 0 bridgehead atoms. The fourth-order valence-corrected chi connectivity index (χ4v) is 5.17. The van der Waals surface area contributed by atoms with Crippen molar-refractivity contribution < 1.29 is 9.59 Å². The molecular weight excluding hydrogens is 408 g/mol. The monoisotopic (exact) mass is 434 g/mol. The number of nitrogens with zero attached hydrogens (tertiary/aromatic N) is 3. The molecule has 2 fully saturated rings. The van der Waals surface area contributed by atoms with E-state index < -0.39 is 0 Å². The van der Waals surface area contributed by atoms with Gasteiger partial charge in [-0.05, 0) is 30.4 Å². The molecule has 7 heteroatoms. The standard InChI is InChI=1S/C24H26N4O2S/c1-31-15-22-26-19-9-5-6-10-20(19)27(22)14-23(29)25-17-11-24(30)28(13-17)21-12-18(21)16-7-3-2-4-8-16/h2-10,17-18,21H,11-15H2,1H3,(H,25,29). The first-order chi connectivity index (χ1) is 15.1. The Balaban J connectivity index is 1.23. The highest BCUT2D eigenvalue weighted by molar-refractivity contribution is 7.97. The van der Waals surface area contributed by atoms with Crippen molar-refractivity contribution in [3.63, 3.8) is 0 Å². The van der Waals surface area contributed by atoms with Gasteiger partial charge in [0, 0.05) is 24.9 Å². The fourth-order valence-electron chi connectivity index (χ4n) is 4.69. The van der Waals surface area contributed by atoms with Gasteiger partial charge >= 0.3 is 0 Å². The summed E-state index contributed by atoms with van der Waals surface area (Å²) in [6, 6.07) is 18.4. The molecule has 3 aromatic rings. The van der Waals surface area contributed by atoms with Crippen LogP contribution in [0.25, 0.3) is 11.0 Å². The number of carbonyl (C=O) groups excluding carboxylic acids is 2. The summed E-state index contributed by atoms with van der Waals surface area (Å²) in [4.78, 5) is 32.1. The number of carbonyl (C=O) groups is 2. The van der Waals surface area contributed by atoms with Gasteiger partial charge in [-0.1, -0.05) is 42.5 Å². The van der Waals surface area contributed by atoms with E-state index in [0.717, 1.165) is 29.0 Å². The molecule has 1 aliphatic carbocycles. The second kappa shape index (κ2) is 8.38. The number of fused-ring (bicyclic) bond motifs is 1. The molecule has 160 valence electrons. The molecule has 1 aromatic heterocycles. The average Bonchev–Trinajstić information content (AvgIpc) is 3.39. The third-order valence-electron chi connectivity index (χ3n) is 6.22. The number of likely N-dealkylation sites (tertiary alicyclic amines) is 1. The van der Waals surface area contributed by atoms with E-state index >= 15 is 0 Å². The van der Waals surface area contributed by atoms with Crippen molar-refractivity contribution in [1.29, 1.82) is 0 Å². The number of nitrogens with one attached hydrogen (secondary N) is 1. The minimum absolute atomic E-state index is 0.0689. The van der Waals surface area contributed by atoms with E-state index in [4.69, 9.17) is 0 Å². The summed E-state index contributed by atoms with van der Waals surface area (Å²) in [7, 11) is 0. The number of aromatic nitrogens is 2. The number of hydrogen-bond donors (Lipinski definition) is 1. The number of amides is 2. The van der Waals surface area contributed by atoms with Crippen molar-refractivity contribution in [1.82, 2.24) is 19.8 Å². The predicted octanol–water partition coefficient (Wildman–Crippen LogP) is 3.17. The van der Waals surface area contributed by atoms with Crippen LogP contribution >= 0.6 is 11.8 Å². The molecule has 6 nitrogen and oxygen atoms in total. The highest BCUT2D eigenvalue weighted by Crippen LogP contribution is 2.45. The first-order valence-corrected chi connectivity index (χ1v) is 12.1. The number of para-hydroxylation sites is 2. The van der Waals surface area contributed by atoms with Crippen molar-refractivity contribution in [2.24, 2.45) is 0 Å². The lowest BCUT2D eigenvalue weighted by Gasteiger charge is -2.18. The Kier molecular flexibility index (Phi) is 5.44. The van der Waals surface area contributed by atoms with E-state index in [0.29, 0.717) is 18.9 Å². The zero-order valence-corrected chi connectivity index (χ0v) is 18.3. The Morgan fingerprint density at radius 2 is 1.94 bits per heavy atom. The predicted molar refractivity (Wildman–Crippen MR) is 123 cm³/mol. The van der Waals surface area contributed by atoms with Gasteiger partial charge in [-0.25, -0.2) is 4.98 Å². The molecule has 2 aromatic carbocycles. The van der Waals surface area contributed by atoms with Gasteiger partial charge in [-0.3, -0.25) is 9.59 Å². The number of imidazole rings is 1. The summed E-state index contributed by atoms with van der Waals surface area (Å²) < 4.78 is 1.99. The molecule has 3 unspecified atom stereocenters. The lowest BCUT2D eigenvalue weighted by atomic mass is 10.1. The fraction of sp³-hybridized carbons (Fsp3) is 0.375. The molecule has 2 amide bonds. The van der Waals surface area contributed by atoms with Gasteiger partial charge in [0.25, 0.3) is 0 Å². The maximum atomic E-state index is 12.9. The van der Waals surface area contributed by atoms with Crippen LogP contribution in [-0.2, 0) is 21.9 Å². The van der Waals surface area contributed by atoms with Gasteiger partial charge in [0.2, 0.25) is 11.8 Å². The molecule has 2 aliphatic rings. The van der Waals surface area contributed by atoms with Crippen molar-refractivity contribution in [3.8, 4) is 0 Å². The molecule has 31 heavy (non-hydrogen) atoms. The SMILES string of the molecule is CSCc1nc2ccccc2n1CC(=O)NC1CC(=O)N(C2CC2c2ccccc2)C1. The van der Waals surface area contributed by atoms with E-state index in [1.807, 2.05) is 58.2 Å². The molecule has 5 rings (SSSR count). The van der Waals surface area contributed by atoms with E-state index in [1.165, 1.54) is 5.56 Å². The van der Waals surface area contributed by atoms with Gasteiger partial charge in [0.15, 0.2) is 0 Å². The van der Waals surface area contributed by atoms with E-state index in [9.17, 15) is 9.59 Å². The largest absolute Gasteiger partial charge is 0.350 e. The zero-order valence-electron chi connectivity index (χ0n) is 17.5. The van der Waals surface area contributed by atoms with E-state index in [1.54, 1.807) is 11.8 Å². The second-order valence-corrected chi connectivity index (χ2v) is 9.24. The van der Waals surface area contributed by atoms with Crippen LogP contribution in [0.1, 0.15) is 30.1 Å². The van der Waals surface area contributed by atoms with Crippen molar-refractivity contribution in [2.45, 2.75) is 43.1 Å². The molecule has 1 saturated carbocycles. The smallest absolute Gasteiger partial charge is 0.240 e. The van der Waals surface area contributed by atoms with Crippen LogP contribution in [0.5, 0.6) is 0 Å². The number of rotatable bonds is 7. The summed E-state index contributed by atoms with van der Waals surface area (Å²) in [5.74, 6) is 2.15. The summed E-state index contributed by atoms with van der Waals surface area (Å²) in [6.07, 6.45) is 3.42. The van der Waals surface area contributed by atoms with Gasteiger partial charge in [0.1, 0.15) is 12.4 Å². The molecule has 1 N–H and O–H groups in total. The highest BCUT2D eigenvalue weighted by Gasteiger charge is 2.47. The molecule has 0 spiro atoms. The summed E-state index contributed by atoms with van der Waals surface area (Å²) in [5.41, 5.74) is 3.16. The van der Waals surface area contributed by atoms with Crippen LogP contribution in [0, 0.1) is 0 Å².